The number of benzene rings is 1. The number of aliphatic hydroxyl groups is 3. The van der Waals surface area contributed by atoms with Gasteiger partial charge in [-0.3, -0.25) is 0 Å². The fourth-order valence-corrected chi connectivity index (χ4v) is 3.71. The summed E-state index contributed by atoms with van der Waals surface area (Å²) in [6.45, 7) is -0.415. The Morgan fingerprint density at radius 1 is 1.14 bits per heavy atom. The van der Waals surface area contributed by atoms with Crippen LogP contribution in [0.5, 0.6) is 0 Å². The monoisotopic (exact) mass is 382 g/mol. The molecular formula is C19H18N4O5. The number of aromatic nitrogens is 3. The van der Waals surface area contributed by atoms with Crippen molar-refractivity contribution in [2.75, 3.05) is 12.3 Å². The highest BCUT2D eigenvalue weighted by molar-refractivity contribution is 6.01. The van der Waals surface area contributed by atoms with Crippen LogP contribution < -0.4 is 5.73 Å². The summed E-state index contributed by atoms with van der Waals surface area (Å²) in [5.41, 5.74) is 7.91. The third-order valence-corrected chi connectivity index (χ3v) is 5.12. The van der Waals surface area contributed by atoms with E-state index < -0.39 is 31.1 Å². The summed E-state index contributed by atoms with van der Waals surface area (Å²) < 4.78 is 13.2. The van der Waals surface area contributed by atoms with Crippen LogP contribution in [0.1, 0.15) is 6.23 Å². The van der Waals surface area contributed by atoms with Crippen LogP contribution in [0.3, 0.4) is 0 Å². The van der Waals surface area contributed by atoms with Crippen molar-refractivity contribution in [1.29, 1.82) is 0 Å². The zero-order valence-corrected chi connectivity index (χ0v) is 14.6. The van der Waals surface area contributed by atoms with Gasteiger partial charge in [0.15, 0.2) is 6.23 Å². The van der Waals surface area contributed by atoms with Crippen LogP contribution in [0.15, 0.2) is 47.3 Å². The second-order valence-electron chi connectivity index (χ2n) is 6.78. The fraction of sp³-hybridized carbons (Fsp3) is 0.263. The minimum Gasteiger partial charge on any atom is -0.456 e. The van der Waals surface area contributed by atoms with Gasteiger partial charge in [-0.05, 0) is 12.1 Å². The van der Waals surface area contributed by atoms with Crippen molar-refractivity contribution in [2.24, 2.45) is 0 Å². The lowest BCUT2D eigenvalue weighted by atomic mass is 10.1. The molecule has 1 aromatic carbocycles. The van der Waals surface area contributed by atoms with Gasteiger partial charge in [0.25, 0.3) is 0 Å². The van der Waals surface area contributed by atoms with Crippen LogP contribution >= 0.6 is 0 Å². The lowest BCUT2D eigenvalue weighted by Crippen LogP contribution is -2.33. The Bertz CT molecular complexity index is 1140. The SMILES string of the molecule is Nc1ncnc2c1c(-c1cc3ccccc3o1)cn2[C@@H]1O[C@H](CO)C(O)[C@@H]1O. The maximum absolute atomic E-state index is 10.4. The molecule has 1 aliphatic heterocycles. The summed E-state index contributed by atoms with van der Waals surface area (Å²) in [7, 11) is 0. The van der Waals surface area contributed by atoms with Crippen molar-refractivity contribution < 1.29 is 24.5 Å². The molecule has 9 heteroatoms. The number of nitrogens with two attached hydrogens (primary N) is 1. The van der Waals surface area contributed by atoms with Gasteiger partial charge >= 0.3 is 0 Å². The van der Waals surface area contributed by atoms with E-state index >= 15 is 0 Å². The van der Waals surface area contributed by atoms with E-state index in [0.717, 1.165) is 11.0 Å². The molecule has 144 valence electrons. The van der Waals surface area contributed by atoms with Gasteiger partial charge in [0.2, 0.25) is 0 Å². The normalized spacial score (nSPS) is 25.1. The fourth-order valence-electron chi connectivity index (χ4n) is 3.71. The molecule has 0 radical (unpaired) electrons. The van der Waals surface area contributed by atoms with Crippen LogP contribution in [0.4, 0.5) is 5.82 Å². The Labute approximate surface area is 158 Å². The lowest BCUT2D eigenvalue weighted by Gasteiger charge is -2.17. The maximum atomic E-state index is 10.4. The van der Waals surface area contributed by atoms with Gasteiger partial charge in [-0.25, -0.2) is 9.97 Å². The highest BCUT2D eigenvalue weighted by Gasteiger charge is 2.44. The molecule has 0 spiro atoms. The molecule has 1 fully saturated rings. The van der Waals surface area contributed by atoms with Crippen molar-refractivity contribution in [3.05, 3.63) is 42.9 Å². The molecule has 0 saturated carbocycles. The van der Waals surface area contributed by atoms with Gasteiger partial charge < -0.3 is 34.8 Å². The minimum absolute atomic E-state index is 0.256. The van der Waals surface area contributed by atoms with Crippen LogP contribution in [-0.4, -0.2) is 54.8 Å². The number of nitrogens with zero attached hydrogens (tertiary/aromatic N) is 3. The summed E-state index contributed by atoms with van der Waals surface area (Å²) in [5.74, 6) is 0.823. The average molecular weight is 382 g/mol. The average Bonchev–Trinajstić information content (AvgIpc) is 3.37. The van der Waals surface area contributed by atoms with Crippen molar-refractivity contribution in [3.63, 3.8) is 0 Å². The van der Waals surface area contributed by atoms with Crippen LogP contribution in [0.2, 0.25) is 0 Å². The van der Waals surface area contributed by atoms with E-state index in [1.807, 2.05) is 30.3 Å². The second-order valence-corrected chi connectivity index (χ2v) is 6.78. The van der Waals surface area contributed by atoms with Gasteiger partial charge in [0, 0.05) is 17.1 Å². The van der Waals surface area contributed by atoms with E-state index in [1.54, 1.807) is 10.8 Å². The van der Waals surface area contributed by atoms with Gasteiger partial charge in [-0.2, -0.15) is 0 Å². The van der Waals surface area contributed by atoms with E-state index in [2.05, 4.69) is 9.97 Å². The molecule has 28 heavy (non-hydrogen) atoms. The Kier molecular flexibility index (Phi) is 3.84. The van der Waals surface area contributed by atoms with E-state index in [1.165, 1.54) is 6.33 Å². The molecular weight excluding hydrogens is 364 g/mol. The third-order valence-electron chi connectivity index (χ3n) is 5.12. The summed E-state index contributed by atoms with van der Waals surface area (Å²) >= 11 is 0. The number of fused-ring (bicyclic) bond motifs is 2. The first kappa shape index (κ1) is 17.1. The first-order chi connectivity index (χ1) is 13.6. The quantitative estimate of drug-likeness (QED) is 0.412. The molecule has 1 unspecified atom stereocenters. The lowest BCUT2D eigenvalue weighted by molar-refractivity contribution is -0.0508. The smallest absolute Gasteiger partial charge is 0.164 e. The Morgan fingerprint density at radius 3 is 2.71 bits per heavy atom. The molecule has 4 heterocycles. The second kappa shape index (κ2) is 6.28. The standard InChI is InChI=1S/C19H18N4O5/c20-17-14-10(12-5-9-3-1-2-4-11(9)27-12)6-23(18(14)22-8-21-17)19-16(26)15(25)13(7-24)28-19/h1-6,8,13,15-16,19,24-26H,7H2,(H2,20,21,22)/t13-,15?,16+,19-/m1/s1. The highest BCUT2D eigenvalue weighted by atomic mass is 16.6. The first-order valence-electron chi connectivity index (χ1n) is 8.81. The molecule has 0 bridgehead atoms. The molecule has 4 aromatic rings. The van der Waals surface area contributed by atoms with E-state index in [0.29, 0.717) is 22.4 Å². The van der Waals surface area contributed by atoms with E-state index in [9.17, 15) is 15.3 Å². The Hall–Kier alpha value is -2.98. The van der Waals surface area contributed by atoms with Gasteiger partial charge in [-0.1, -0.05) is 18.2 Å². The van der Waals surface area contributed by atoms with Crippen molar-refractivity contribution in [3.8, 4) is 11.3 Å². The molecule has 9 nitrogen and oxygen atoms in total. The minimum atomic E-state index is -1.24. The van der Waals surface area contributed by atoms with Gasteiger partial charge in [0.1, 0.15) is 47.4 Å². The molecule has 4 atom stereocenters. The molecule has 3 aromatic heterocycles. The summed E-state index contributed by atoms with van der Waals surface area (Å²) in [6, 6.07) is 9.49. The molecule has 1 saturated heterocycles. The van der Waals surface area contributed by atoms with Crippen LogP contribution in [0.25, 0.3) is 33.3 Å². The van der Waals surface area contributed by atoms with Crippen molar-refractivity contribution in [1.82, 2.24) is 14.5 Å². The van der Waals surface area contributed by atoms with Crippen LogP contribution in [-0.2, 0) is 4.74 Å². The molecule has 5 rings (SSSR count). The van der Waals surface area contributed by atoms with E-state index in [4.69, 9.17) is 14.9 Å². The number of nitrogen functional groups attached to an aromatic ring is 1. The Morgan fingerprint density at radius 2 is 1.96 bits per heavy atom. The number of aliphatic hydroxyl groups excluding tert-OH is 3. The molecule has 5 N–H and O–H groups in total. The topological polar surface area (TPSA) is 140 Å². The number of hydrogen-bond acceptors (Lipinski definition) is 8. The van der Waals surface area contributed by atoms with E-state index in [-0.39, 0.29) is 5.82 Å². The number of anilines is 1. The molecule has 0 aliphatic carbocycles. The van der Waals surface area contributed by atoms with Crippen molar-refractivity contribution in [2.45, 2.75) is 24.5 Å². The third kappa shape index (κ3) is 2.41. The predicted octanol–water partition coefficient (Wildman–Crippen LogP) is 1.04. The maximum Gasteiger partial charge on any atom is 0.164 e. The summed E-state index contributed by atoms with van der Waals surface area (Å²) in [4.78, 5) is 8.36. The number of furan rings is 1. The van der Waals surface area contributed by atoms with Gasteiger partial charge in [-0.15, -0.1) is 0 Å². The summed E-state index contributed by atoms with van der Waals surface area (Å²) in [5, 5.41) is 31.4. The number of ether oxygens (including phenoxy) is 1. The zero-order valence-electron chi connectivity index (χ0n) is 14.6. The first-order valence-corrected chi connectivity index (χ1v) is 8.81. The largest absolute Gasteiger partial charge is 0.456 e. The number of hydrogen-bond donors (Lipinski definition) is 4. The van der Waals surface area contributed by atoms with Crippen LogP contribution in [0, 0.1) is 0 Å². The van der Waals surface area contributed by atoms with Gasteiger partial charge in [0.05, 0.1) is 12.0 Å². The highest BCUT2D eigenvalue weighted by Crippen LogP contribution is 2.39. The number of rotatable bonds is 3. The Balaban J connectivity index is 1.71. The van der Waals surface area contributed by atoms with Crippen molar-refractivity contribution >= 4 is 27.8 Å². The zero-order chi connectivity index (χ0) is 19.4. The molecule has 1 aliphatic rings. The molecule has 0 amide bonds. The predicted molar refractivity (Wildman–Crippen MR) is 100 cm³/mol. The number of para-hydroxylation sites is 1. The summed E-state index contributed by atoms with van der Waals surface area (Å²) in [6.07, 6.45) is -1.28.